The second kappa shape index (κ2) is 9.87. The van der Waals surface area contributed by atoms with Crippen molar-refractivity contribution in [3.63, 3.8) is 0 Å². The monoisotopic (exact) mass is 418 g/mol. The van der Waals surface area contributed by atoms with E-state index in [4.69, 9.17) is 9.47 Å². The van der Waals surface area contributed by atoms with Crippen LogP contribution in [0.1, 0.15) is 48.2 Å². The first-order chi connectivity index (χ1) is 12.5. The molecule has 2 aromatic rings. The molecule has 1 unspecified atom stereocenters. The number of esters is 3. The number of halogens is 1. The van der Waals surface area contributed by atoms with Crippen LogP contribution in [0.4, 0.5) is 0 Å². The van der Waals surface area contributed by atoms with Crippen LogP contribution in [0.5, 0.6) is 0 Å². The summed E-state index contributed by atoms with van der Waals surface area (Å²) in [6.07, 6.45) is 0.264. The van der Waals surface area contributed by atoms with Crippen molar-refractivity contribution in [3.8, 4) is 0 Å². The summed E-state index contributed by atoms with van der Waals surface area (Å²) in [4.78, 5) is 36.6. The molecule has 6 heteroatoms. The van der Waals surface area contributed by atoms with Gasteiger partial charge in [-0.3, -0.25) is 4.79 Å². The van der Waals surface area contributed by atoms with Gasteiger partial charge < -0.3 is 9.47 Å². The van der Waals surface area contributed by atoms with Crippen LogP contribution in [0.15, 0.2) is 59.1 Å². The van der Waals surface area contributed by atoms with Gasteiger partial charge in [-0.15, -0.1) is 0 Å². The van der Waals surface area contributed by atoms with Crippen LogP contribution in [0.2, 0.25) is 0 Å². The van der Waals surface area contributed by atoms with Crippen molar-refractivity contribution in [2.75, 3.05) is 0 Å². The highest BCUT2D eigenvalue weighted by Gasteiger charge is 2.29. The van der Waals surface area contributed by atoms with Gasteiger partial charge in [0.15, 0.2) is 0 Å². The summed E-state index contributed by atoms with van der Waals surface area (Å²) in [6, 6.07) is 15.1. The maximum Gasteiger partial charge on any atom is 0.359 e. The number of ether oxygens (including phenoxy) is 2. The van der Waals surface area contributed by atoms with Crippen molar-refractivity contribution < 1.29 is 23.9 Å². The van der Waals surface area contributed by atoms with Crippen LogP contribution >= 0.6 is 15.9 Å². The van der Waals surface area contributed by atoms with Crippen LogP contribution in [0.3, 0.4) is 0 Å². The molecule has 0 amide bonds. The molecule has 0 saturated heterocycles. The molecule has 0 aromatic heterocycles. The molecule has 0 N–H and O–H groups in total. The molecule has 0 heterocycles. The zero-order valence-corrected chi connectivity index (χ0v) is 15.9. The number of unbranched alkanes of at least 4 members (excludes halogenated alkanes) is 1. The minimum Gasteiger partial charge on any atom is -0.442 e. The van der Waals surface area contributed by atoms with E-state index in [1.54, 1.807) is 54.6 Å². The summed E-state index contributed by atoms with van der Waals surface area (Å²) in [6.45, 7) is 1.93. The smallest absolute Gasteiger partial charge is 0.359 e. The molecule has 0 aliphatic heterocycles. The Morgan fingerprint density at radius 3 is 2.42 bits per heavy atom. The lowest BCUT2D eigenvalue weighted by atomic mass is 10.1. The third kappa shape index (κ3) is 5.81. The van der Waals surface area contributed by atoms with Crippen LogP contribution in [-0.4, -0.2) is 17.9 Å². The Morgan fingerprint density at radius 2 is 1.77 bits per heavy atom. The number of benzene rings is 2. The van der Waals surface area contributed by atoms with Crippen molar-refractivity contribution in [2.24, 2.45) is 0 Å². The Labute approximate surface area is 160 Å². The first-order valence-electron chi connectivity index (χ1n) is 8.27. The number of carbonyl (C=O) groups excluding carboxylic acids is 3. The summed E-state index contributed by atoms with van der Waals surface area (Å²) in [5.41, 5.74) is 0.717. The van der Waals surface area contributed by atoms with Crippen molar-refractivity contribution in [1.29, 1.82) is 0 Å². The molecule has 0 aliphatic rings. The van der Waals surface area contributed by atoms with Gasteiger partial charge in [0.2, 0.25) is 6.10 Å². The highest BCUT2D eigenvalue weighted by Crippen LogP contribution is 2.22. The molecule has 2 rings (SSSR count). The van der Waals surface area contributed by atoms with Crippen molar-refractivity contribution in [2.45, 2.75) is 32.3 Å². The molecule has 0 fully saturated rings. The van der Waals surface area contributed by atoms with Gasteiger partial charge in [0.25, 0.3) is 0 Å². The lowest BCUT2D eigenvalue weighted by Crippen LogP contribution is -2.24. The van der Waals surface area contributed by atoms with Gasteiger partial charge in [0.1, 0.15) is 0 Å². The molecule has 26 heavy (non-hydrogen) atoms. The zero-order chi connectivity index (χ0) is 18.9. The van der Waals surface area contributed by atoms with Crippen molar-refractivity contribution in [1.82, 2.24) is 0 Å². The highest BCUT2D eigenvalue weighted by molar-refractivity contribution is 9.10. The van der Waals surface area contributed by atoms with E-state index >= 15 is 0 Å². The van der Waals surface area contributed by atoms with E-state index in [0.29, 0.717) is 16.5 Å². The minimum absolute atomic E-state index is 0.142. The zero-order valence-electron chi connectivity index (χ0n) is 14.3. The molecule has 0 spiro atoms. The largest absolute Gasteiger partial charge is 0.442 e. The Balaban J connectivity index is 2.17. The average molecular weight is 419 g/mol. The maximum atomic E-state index is 12.4. The number of hydrogen-bond donors (Lipinski definition) is 0. The molecular weight excluding hydrogens is 400 g/mol. The fraction of sp³-hybridized carbons (Fsp3) is 0.250. The number of hydrogen-bond acceptors (Lipinski definition) is 5. The Kier molecular flexibility index (Phi) is 7.53. The molecule has 1 atom stereocenters. The van der Waals surface area contributed by atoms with E-state index in [2.05, 4.69) is 15.9 Å². The van der Waals surface area contributed by atoms with Gasteiger partial charge in [0.05, 0.1) is 5.56 Å². The third-order valence-corrected chi connectivity index (χ3v) is 4.04. The summed E-state index contributed by atoms with van der Waals surface area (Å²) in [5.74, 6) is -2.21. The van der Waals surface area contributed by atoms with Crippen LogP contribution in [0, 0.1) is 0 Å². The quantitative estimate of drug-likeness (QED) is 0.485. The molecule has 5 nitrogen and oxygen atoms in total. The molecule has 0 aliphatic carbocycles. The van der Waals surface area contributed by atoms with Gasteiger partial charge in [-0.1, -0.05) is 65.7 Å². The summed E-state index contributed by atoms with van der Waals surface area (Å²) in [7, 11) is 0. The first kappa shape index (κ1) is 19.8. The van der Waals surface area contributed by atoms with Gasteiger partial charge >= 0.3 is 17.9 Å². The second-order valence-corrected chi connectivity index (χ2v) is 6.52. The van der Waals surface area contributed by atoms with Crippen molar-refractivity contribution in [3.05, 3.63) is 70.2 Å². The predicted molar refractivity (Wildman–Crippen MR) is 99.4 cm³/mol. The fourth-order valence-electron chi connectivity index (χ4n) is 2.21. The van der Waals surface area contributed by atoms with Gasteiger partial charge in [-0.05, 0) is 24.6 Å². The third-order valence-electron chi connectivity index (χ3n) is 3.55. The van der Waals surface area contributed by atoms with Gasteiger partial charge in [0, 0.05) is 16.5 Å². The van der Waals surface area contributed by atoms with Crippen molar-refractivity contribution >= 4 is 33.8 Å². The SMILES string of the molecule is CCCCC(=O)OC(=O)C(OC(=O)c1cccc(Br)c1)c1ccccc1. The van der Waals surface area contributed by atoms with E-state index in [1.807, 2.05) is 6.92 Å². The van der Waals surface area contributed by atoms with Crippen LogP contribution < -0.4 is 0 Å². The Morgan fingerprint density at radius 1 is 1.04 bits per heavy atom. The van der Waals surface area contributed by atoms with Gasteiger partial charge in [-0.2, -0.15) is 0 Å². The standard InChI is InChI=1S/C20H19BrO5/c1-2-3-12-17(22)25-20(24)18(14-8-5-4-6-9-14)26-19(23)15-10-7-11-16(21)13-15/h4-11,13,18H,2-3,12H2,1H3. The lowest BCUT2D eigenvalue weighted by Gasteiger charge is -2.16. The van der Waals surface area contributed by atoms with E-state index in [-0.39, 0.29) is 12.0 Å². The maximum absolute atomic E-state index is 12.4. The first-order valence-corrected chi connectivity index (χ1v) is 9.06. The van der Waals surface area contributed by atoms with E-state index < -0.39 is 24.0 Å². The van der Waals surface area contributed by atoms with Gasteiger partial charge in [-0.25, -0.2) is 9.59 Å². The molecule has 0 bridgehead atoms. The number of carbonyl (C=O) groups is 3. The van der Waals surface area contributed by atoms with Crippen LogP contribution in [0.25, 0.3) is 0 Å². The highest BCUT2D eigenvalue weighted by atomic mass is 79.9. The van der Waals surface area contributed by atoms with E-state index in [1.165, 1.54) is 0 Å². The summed E-state index contributed by atoms with van der Waals surface area (Å²) < 4.78 is 10.9. The molecule has 2 aromatic carbocycles. The average Bonchev–Trinajstić information content (AvgIpc) is 2.64. The number of rotatable bonds is 7. The van der Waals surface area contributed by atoms with E-state index in [0.717, 1.165) is 6.42 Å². The molecule has 0 radical (unpaired) electrons. The fourth-order valence-corrected chi connectivity index (χ4v) is 2.61. The summed E-state index contributed by atoms with van der Waals surface area (Å²) >= 11 is 3.28. The second-order valence-electron chi connectivity index (χ2n) is 5.60. The summed E-state index contributed by atoms with van der Waals surface area (Å²) in [5, 5.41) is 0. The minimum atomic E-state index is -1.31. The predicted octanol–water partition coefficient (Wildman–Crippen LogP) is 4.61. The molecular formula is C20H19BrO5. The Bertz CT molecular complexity index is 773. The Hall–Kier alpha value is -2.47. The normalized spacial score (nSPS) is 11.5. The van der Waals surface area contributed by atoms with E-state index in [9.17, 15) is 14.4 Å². The molecule has 136 valence electrons. The lowest BCUT2D eigenvalue weighted by molar-refractivity contribution is -0.166. The topological polar surface area (TPSA) is 69.7 Å². The van der Waals surface area contributed by atoms with Crippen LogP contribution in [-0.2, 0) is 19.1 Å². The molecule has 0 saturated carbocycles.